The van der Waals surface area contributed by atoms with Crippen LogP contribution in [0.5, 0.6) is 5.75 Å². The molecule has 2 aliphatic rings. The van der Waals surface area contributed by atoms with E-state index in [1.54, 1.807) is 12.1 Å². The third-order valence-electron chi connectivity index (χ3n) is 7.35. The number of rotatable bonds is 8. The molecule has 2 fully saturated rings. The Morgan fingerprint density at radius 2 is 1.95 bits per heavy atom. The van der Waals surface area contributed by atoms with Crippen molar-refractivity contribution in [2.75, 3.05) is 25.1 Å². The molecule has 6 rings (SSSR count). The summed E-state index contributed by atoms with van der Waals surface area (Å²) < 4.78 is 11.1. The van der Waals surface area contributed by atoms with E-state index >= 15 is 0 Å². The number of carbonyl (C=O) groups is 1. The second-order valence-corrected chi connectivity index (χ2v) is 10.1. The summed E-state index contributed by atoms with van der Waals surface area (Å²) in [6.07, 6.45) is 8.66. The molecule has 0 radical (unpaired) electrons. The van der Waals surface area contributed by atoms with Crippen LogP contribution in [-0.4, -0.2) is 41.4 Å². The highest BCUT2D eigenvalue weighted by molar-refractivity contribution is 5.90. The first-order valence-corrected chi connectivity index (χ1v) is 12.9. The van der Waals surface area contributed by atoms with Gasteiger partial charge in [0.25, 0.3) is 0 Å². The molecule has 1 N–H and O–H groups in total. The molecule has 3 heterocycles. The number of anilines is 1. The van der Waals surface area contributed by atoms with Crippen LogP contribution < -0.4 is 9.64 Å². The molecule has 4 aromatic rings. The molecular weight excluding hydrogens is 478 g/mol. The van der Waals surface area contributed by atoms with Gasteiger partial charge in [-0.3, -0.25) is 4.98 Å². The Hall–Kier alpha value is -4.39. The zero-order chi connectivity index (χ0) is 26.2. The lowest BCUT2D eigenvalue weighted by molar-refractivity contribution is 0.0696. The zero-order valence-electron chi connectivity index (χ0n) is 21.4. The van der Waals surface area contributed by atoms with E-state index in [4.69, 9.17) is 9.26 Å². The van der Waals surface area contributed by atoms with Gasteiger partial charge in [-0.25, -0.2) is 4.79 Å². The smallest absolute Gasteiger partial charge is 0.335 e. The summed E-state index contributed by atoms with van der Waals surface area (Å²) in [4.78, 5) is 18.4. The van der Waals surface area contributed by atoms with Crippen molar-refractivity contribution in [3.63, 3.8) is 0 Å². The van der Waals surface area contributed by atoms with Crippen LogP contribution in [0, 0.1) is 12.8 Å². The number of hydrogen-bond acceptors (Lipinski definition) is 6. The largest absolute Gasteiger partial charge is 0.497 e. The minimum Gasteiger partial charge on any atom is -0.497 e. The number of nitrogens with zero attached hydrogens (tertiary/aromatic N) is 3. The highest BCUT2D eigenvalue weighted by Crippen LogP contribution is 2.45. The second kappa shape index (κ2) is 9.82. The number of ether oxygens (including phenoxy) is 1. The Morgan fingerprint density at radius 1 is 1.13 bits per heavy atom. The Morgan fingerprint density at radius 3 is 2.63 bits per heavy atom. The summed E-state index contributed by atoms with van der Waals surface area (Å²) in [5, 5.41) is 13.9. The predicted molar refractivity (Wildman–Crippen MR) is 147 cm³/mol. The van der Waals surface area contributed by atoms with E-state index in [9.17, 15) is 9.90 Å². The highest BCUT2D eigenvalue weighted by Gasteiger charge is 2.32. The van der Waals surface area contributed by atoms with Crippen molar-refractivity contribution in [2.24, 2.45) is 5.92 Å². The van der Waals surface area contributed by atoms with Gasteiger partial charge in [0.05, 0.1) is 30.3 Å². The third kappa shape index (κ3) is 4.67. The maximum atomic E-state index is 11.5. The van der Waals surface area contributed by atoms with Crippen LogP contribution in [0.15, 0.2) is 71.4 Å². The Bertz CT molecular complexity index is 1510. The summed E-state index contributed by atoms with van der Waals surface area (Å²) in [6.45, 7) is 3.92. The number of methoxy groups -OCH3 is 1. The van der Waals surface area contributed by atoms with E-state index in [1.807, 2.05) is 30.5 Å². The fourth-order valence-electron chi connectivity index (χ4n) is 4.95. The van der Waals surface area contributed by atoms with Crippen LogP contribution in [0.3, 0.4) is 0 Å². The third-order valence-corrected chi connectivity index (χ3v) is 7.35. The first-order chi connectivity index (χ1) is 18.5. The summed E-state index contributed by atoms with van der Waals surface area (Å²) in [5.74, 6) is 1.42. The van der Waals surface area contributed by atoms with Gasteiger partial charge in [0.15, 0.2) is 0 Å². The van der Waals surface area contributed by atoms with Crippen LogP contribution >= 0.6 is 0 Å². The molecule has 1 aliphatic carbocycles. The summed E-state index contributed by atoms with van der Waals surface area (Å²) >= 11 is 0. The predicted octanol–water partition coefficient (Wildman–Crippen LogP) is 6.45. The van der Waals surface area contributed by atoms with Crippen molar-refractivity contribution in [1.29, 1.82) is 0 Å². The van der Waals surface area contributed by atoms with Crippen molar-refractivity contribution in [3.05, 3.63) is 89.3 Å². The Kier molecular flexibility index (Phi) is 6.19. The number of benzene rings is 2. The molecule has 0 unspecified atom stereocenters. The van der Waals surface area contributed by atoms with E-state index < -0.39 is 5.97 Å². The first-order valence-electron chi connectivity index (χ1n) is 12.9. The van der Waals surface area contributed by atoms with Gasteiger partial charge in [-0.1, -0.05) is 41.6 Å². The molecule has 1 aliphatic heterocycles. The normalized spacial score (nSPS) is 15.6. The van der Waals surface area contributed by atoms with E-state index in [1.165, 1.54) is 18.7 Å². The molecule has 7 heteroatoms. The summed E-state index contributed by atoms with van der Waals surface area (Å²) in [6, 6.07) is 17.2. The molecular formula is C31H29N3O4. The van der Waals surface area contributed by atoms with Crippen LogP contribution in [-0.2, 0) is 0 Å². The van der Waals surface area contributed by atoms with Crippen LogP contribution in [0.2, 0.25) is 0 Å². The lowest BCUT2D eigenvalue weighted by Gasteiger charge is -2.39. The van der Waals surface area contributed by atoms with Gasteiger partial charge in [-0.2, -0.15) is 0 Å². The molecule has 2 aromatic heterocycles. The van der Waals surface area contributed by atoms with Crippen molar-refractivity contribution >= 4 is 17.7 Å². The molecule has 0 amide bonds. The van der Waals surface area contributed by atoms with Crippen LogP contribution in [0.4, 0.5) is 5.69 Å². The average Bonchev–Trinajstić information content (AvgIpc) is 3.67. The fourth-order valence-corrected chi connectivity index (χ4v) is 4.95. The molecule has 2 aromatic carbocycles. The number of carboxylic acids is 1. The average molecular weight is 508 g/mol. The molecule has 1 saturated carbocycles. The van der Waals surface area contributed by atoms with Gasteiger partial charge in [0.1, 0.15) is 17.2 Å². The maximum Gasteiger partial charge on any atom is 0.335 e. The van der Waals surface area contributed by atoms with Crippen LogP contribution in [0.1, 0.15) is 46.0 Å². The Labute approximate surface area is 221 Å². The number of hydrogen-bond donors (Lipinski definition) is 1. The summed E-state index contributed by atoms with van der Waals surface area (Å²) in [5.41, 5.74) is 6.99. The second-order valence-electron chi connectivity index (χ2n) is 10.1. The maximum absolute atomic E-state index is 11.5. The van der Waals surface area contributed by atoms with Crippen molar-refractivity contribution in [1.82, 2.24) is 10.1 Å². The van der Waals surface area contributed by atoms with Crippen molar-refractivity contribution in [2.45, 2.75) is 25.7 Å². The summed E-state index contributed by atoms with van der Waals surface area (Å²) in [7, 11) is 1.52. The van der Waals surface area contributed by atoms with E-state index in [0.29, 0.717) is 28.8 Å². The minimum absolute atomic E-state index is 0.172. The molecule has 0 spiro atoms. The molecule has 0 atom stereocenters. The monoisotopic (exact) mass is 507 g/mol. The van der Waals surface area contributed by atoms with Crippen molar-refractivity contribution in [3.8, 4) is 28.3 Å². The zero-order valence-corrected chi connectivity index (χ0v) is 21.4. The van der Waals surface area contributed by atoms with Crippen molar-refractivity contribution < 1.29 is 19.2 Å². The van der Waals surface area contributed by atoms with E-state index in [2.05, 4.69) is 46.2 Å². The number of carboxylic acid groups (broad SMARTS) is 1. The van der Waals surface area contributed by atoms with Gasteiger partial charge >= 0.3 is 5.97 Å². The fraction of sp³-hybridized carbons (Fsp3) is 0.258. The SMILES string of the molecule is COc1cc(C(=O)O)cc(-c2ccc(N3CC(/C=C/c4c(-c5ccccc5C)noc4C4CC4)C3)cn2)c1. The van der Waals surface area contributed by atoms with Gasteiger partial charge in [-0.15, -0.1) is 0 Å². The molecule has 1 saturated heterocycles. The van der Waals surface area contributed by atoms with E-state index in [0.717, 1.165) is 54.2 Å². The Balaban J connectivity index is 1.15. The van der Waals surface area contributed by atoms with Gasteiger partial charge < -0.3 is 19.3 Å². The molecule has 7 nitrogen and oxygen atoms in total. The molecule has 38 heavy (non-hydrogen) atoms. The van der Waals surface area contributed by atoms with E-state index in [-0.39, 0.29) is 5.56 Å². The van der Waals surface area contributed by atoms with Crippen LogP contribution in [0.25, 0.3) is 28.6 Å². The highest BCUT2D eigenvalue weighted by atomic mass is 16.5. The standard InChI is InChI=1S/C31H29N3O4/c1-19-5-3-4-6-26(19)29-27(30(38-33-29)21-8-9-21)11-7-20-17-34(18-20)24-10-12-28(32-16-24)22-13-23(31(35)36)15-25(14-22)37-2/h3-7,10-16,20-21H,8-9,17-18H2,1-2H3,(H,35,36)/b11-7+. The quantitative estimate of drug-likeness (QED) is 0.293. The lowest BCUT2D eigenvalue weighted by atomic mass is 9.95. The first kappa shape index (κ1) is 24.0. The van der Waals surface area contributed by atoms with Gasteiger partial charge in [-0.05, 0) is 55.7 Å². The number of pyridine rings is 1. The van der Waals surface area contributed by atoms with Gasteiger partial charge in [0.2, 0.25) is 0 Å². The lowest BCUT2D eigenvalue weighted by Crippen LogP contribution is -2.45. The minimum atomic E-state index is -0.997. The molecule has 192 valence electrons. The topological polar surface area (TPSA) is 88.7 Å². The molecule has 0 bridgehead atoms. The number of aryl methyl sites for hydroxylation is 1. The number of aromatic carboxylic acids is 1. The number of aromatic nitrogens is 2. The van der Waals surface area contributed by atoms with Gasteiger partial charge in [0, 0.05) is 41.6 Å².